The van der Waals surface area contributed by atoms with Gasteiger partial charge in [0.2, 0.25) is 10.0 Å². The molecule has 0 fully saturated rings. The maximum absolute atomic E-state index is 13.0. The van der Waals surface area contributed by atoms with E-state index in [1.165, 1.54) is 36.4 Å². The van der Waals surface area contributed by atoms with Gasteiger partial charge in [0.05, 0.1) is 14.9 Å². The molecule has 0 aliphatic rings. The van der Waals surface area contributed by atoms with Crippen molar-refractivity contribution in [1.82, 2.24) is 4.72 Å². The van der Waals surface area contributed by atoms with Crippen LogP contribution in [0, 0.1) is 5.82 Å². The van der Waals surface area contributed by atoms with Gasteiger partial charge in [0, 0.05) is 11.0 Å². The van der Waals surface area contributed by atoms with Gasteiger partial charge < -0.3 is 0 Å². The van der Waals surface area contributed by atoms with Gasteiger partial charge >= 0.3 is 0 Å². The third-order valence-corrected chi connectivity index (χ3v) is 5.55. The third kappa shape index (κ3) is 4.17. The van der Waals surface area contributed by atoms with E-state index >= 15 is 0 Å². The normalized spacial score (nSPS) is 11.6. The monoisotopic (exact) mass is 411 g/mol. The Balaban J connectivity index is 2.17. The Morgan fingerprint density at radius 2 is 1.81 bits per heavy atom. The van der Waals surface area contributed by atoms with Crippen LogP contribution in [0.2, 0.25) is 10.0 Å². The molecule has 0 saturated heterocycles. The summed E-state index contributed by atoms with van der Waals surface area (Å²) in [5.74, 6) is -0.551. The Bertz CT molecular complexity index is 784. The zero-order chi connectivity index (χ0) is 15.6. The van der Waals surface area contributed by atoms with Crippen LogP contribution in [0.15, 0.2) is 45.8 Å². The second kappa shape index (κ2) is 6.62. The first-order valence-corrected chi connectivity index (χ1v) is 8.71. The van der Waals surface area contributed by atoms with Crippen LogP contribution >= 0.6 is 39.1 Å². The molecule has 0 aliphatic carbocycles. The van der Waals surface area contributed by atoms with E-state index in [0.717, 1.165) is 0 Å². The van der Waals surface area contributed by atoms with Crippen LogP contribution in [0.3, 0.4) is 0 Å². The second-order valence-electron chi connectivity index (χ2n) is 4.15. The van der Waals surface area contributed by atoms with Crippen LogP contribution in [0.4, 0.5) is 4.39 Å². The van der Waals surface area contributed by atoms with E-state index < -0.39 is 15.8 Å². The van der Waals surface area contributed by atoms with E-state index in [1.807, 2.05) is 0 Å². The number of hydrogen-bond acceptors (Lipinski definition) is 2. The molecule has 21 heavy (non-hydrogen) atoms. The van der Waals surface area contributed by atoms with Crippen molar-refractivity contribution in [3.05, 3.63) is 62.3 Å². The average molecular weight is 413 g/mol. The van der Waals surface area contributed by atoms with Crippen molar-refractivity contribution < 1.29 is 12.8 Å². The van der Waals surface area contributed by atoms with Gasteiger partial charge in [-0.05, 0) is 51.8 Å². The number of halogens is 4. The molecule has 0 atom stereocenters. The quantitative estimate of drug-likeness (QED) is 0.810. The standard InChI is InChI=1S/C13H9BrCl2FNO2S/c14-10-6-9(2-3-11(10)15)21(19,20)18-7-8-1-4-13(17)12(16)5-8/h1-6,18H,7H2. The minimum atomic E-state index is -3.70. The minimum absolute atomic E-state index is 0.00256. The molecule has 0 unspecified atom stereocenters. The van der Waals surface area contributed by atoms with Gasteiger partial charge in [0.25, 0.3) is 0 Å². The first kappa shape index (κ1) is 16.7. The maximum atomic E-state index is 13.0. The third-order valence-electron chi connectivity index (χ3n) is 2.65. The van der Waals surface area contributed by atoms with Crippen molar-refractivity contribution in [2.24, 2.45) is 0 Å². The van der Waals surface area contributed by atoms with Gasteiger partial charge in [0.1, 0.15) is 5.82 Å². The summed E-state index contributed by atoms with van der Waals surface area (Å²) in [5, 5.41) is 0.361. The molecule has 2 rings (SSSR count). The van der Waals surface area contributed by atoms with E-state index in [2.05, 4.69) is 20.7 Å². The molecule has 112 valence electrons. The highest BCUT2D eigenvalue weighted by Crippen LogP contribution is 2.25. The van der Waals surface area contributed by atoms with E-state index in [1.54, 1.807) is 0 Å². The summed E-state index contributed by atoms with van der Waals surface area (Å²) in [6.07, 6.45) is 0. The molecular formula is C13H9BrCl2FNO2S. The average Bonchev–Trinajstić information content (AvgIpc) is 2.43. The zero-order valence-electron chi connectivity index (χ0n) is 10.4. The maximum Gasteiger partial charge on any atom is 0.240 e. The molecule has 2 aromatic rings. The van der Waals surface area contributed by atoms with E-state index in [0.29, 0.717) is 15.1 Å². The number of hydrogen-bond donors (Lipinski definition) is 1. The topological polar surface area (TPSA) is 46.2 Å². The van der Waals surface area contributed by atoms with Gasteiger partial charge in [0.15, 0.2) is 0 Å². The molecule has 1 N–H and O–H groups in total. The van der Waals surface area contributed by atoms with Crippen molar-refractivity contribution in [2.75, 3.05) is 0 Å². The van der Waals surface area contributed by atoms with E-state index in [4.69, 9.17) is 23.2 Å². The van der Waals surface area contributed by atoms with Crippen LogP contribution in [0.1, 0.15) is 5.56 Å². The van der Waals surface area contributed by atoms with Crippen LogP contribution < -0.4 is 4.72 Å². The Hall–Kier alpha value is -0.660. The second-order valence-corrected chi connectivity index (χ2v) is 7.58. The Morgan fingerprint density at radius 1 is 1.10 bits per heavy atom. The fourth-order valence-electron chi connectivity index (χ4n) is 1.56. The molecule has 0 radical (unpaired) electrons. The molecular weight excluding hydrogens is 404 g/mol. The van der Waals surface area contributed by atoms with Gasteiger partial charge in [-0.3, -0.25) is 0 Å². The summed E-state index contributed by atoms with van der Waals surface area (Å²) in [6, 6.07) is 8.30. The van der Waals surface area contributed by atoms with Crippen LogP contribution in [-0.2, 0) is 16.6 Å². The summed E-state index contributed by atoms with van der Waals surface area (Å²) < 4.78 is 40.2. The molecule has 0 amide bonds. The fourth-order valence-corrected chi connectivity index (χ4v) is 3.45. The largest absolute Gasteiger partial charge is 0.240 e. The van der Waals surface area contributed by atoms with Crippen molar-refractivity contribution in [1.29, 1.82) is 0 Å². The van der Waals surface area contributed by atoms with E-state index in [9.17, 15) is 12.8 Å². The molecule has 0 bridgehead atoms. The molecule has 0 aliphatic heterocycles. The van der Waals surface area contributed by atoms with Gasteiger partial charge in [-0.1, -0.05) is 29.3 Å². The first-order valence-electron chi connectivity index (χ1n) is 5.68. The van der Waals surface area contributed by atoms with E-state index in [-0.39, 0.29) is 16.5 Å². The minimum Gasteiger partial charge on any atom is -0.207 e. The summed E-state index contributed by atoms with van der Waals surface area (Å²) in [7, 11) is -3.70. The zero-order valence-corrected chi connectivity index (χ0v) is 14.3. The fraction of sp³-hybridized carbons (Fsp3) is 0.0769. The molecule has 0 heterocycles. The Kier molecular flexibility index (Phi) is 5.27. The highest BCUT2D eigenvalue weighted by Gasteiger charge is 2.15. The number of sulfonamides is 1. The Labute approximate surface area is 140 Å². The number of nitrogens with one attached hydrogen (secondary N) is 1. The lowest BCUT2D eigenvalue weighted by Crippen LogP contribution is -2.23. The van der Waals surface area contributed by atoms with Gasteiger partial charge in [-0.2, -0.15) is 0 Å². The highest BCUT2D eigenvalue weighted by molar-refractivity contribution is 9.10. The summed E-state index contributed by atoms with van der Waals surface area (Å²) in [5.41, 5.74) is 0.554. The van der Waals surface area contributed by atoms with Crippen LogP contribution in [0.5, 0.6) is 0 Å². The predicted molar refractivity (Wildman–Crippen MR) is 84.6 cm³/mol. The lowest BCUT2D eigenvalue weighted by Gasteiger charge is -2.08. The van der Waals surface area contributed by atoms with Gasteiger partial charge in [-0.25, -0.2) is 17.5 Å². The highest BCUT2D eigenvalue weighted by atomic mass is 79.9. The molecule has 0 spiro atoms. The molecule has 2 aromatic carbocycles. The molecule has 8 heteroatoms. The first-order chi connectivity index (χ1) is 9.79. The van der Waals surface area contributed by atoms with Crippen molar-refractivity contribution in [3.63, 3.8) is 0 Å². The van der Waals surface area contributed by atoms with Crippen molar-refractivity contribution >= 4 is 49.2 Å². The molecule has 0 aromatic heterocycles. The smallest absolute Gasteiger partial charge is 0.207 e. The van der Waals surface area contributed by atoms with Crippen molar-refractivity contribution in [3.8, 4) is 0 Å². The lowest BCUT2D eigenvalue weighted by atomic mass is 10.2. The lowest BCUT2D eigenvalue weighted by molar-refractivity contribution is 0.581. The summed E-state index contributed by atoms with van der Waals surface area (Å²) in [4.78, 5) is 0.0759. The number of rotatable bonds is 4. The summed E-state index contributed by atoms with van der Waals surface area (Å²) in [6.45, 7) is 0.00256. The van der Waals surface area contributed by atoms with Crippen molar-refractivity contribution in [2.45, 2.75) is 11.4 Å². The predicted octanol–water partition coefficient (Wildman–Crippen LogP) is 4.37. The van der Waals surface area contributed by atoms with Crippen LogP contribution in [-0.4, -0.2) is 8.42 Å². The number of benzene rings is 2. The summed E-state index contributed by atoms with van der Waals surface area (Å²) >= 11 is 14.6. The molecule has 3 nitrogen and oxygen atoms in total. The Morgan fingerprint density at radius 3 is 2.43 bits per heavy atom. The van der Waals surface area contributed by atoms with Gasteiger partial charge in [-0.15, -0.1) is 0 Å². The SMILES string of the molecule is O=S(=O)(NCc1ccc(F)c(Cl)c1)c1ccc(Cl)c(Br)c1. The van der Waals surface area contributed by atoms with Crippen LogP contribution in [0.25, 0.3) is 0 Å². The molecule has 0 saturated carbocycles.